The number of ether oxygens (including phenoxy) is 1. The summed E-state index contributed by atoms with van der Waals surface area (Å²) in [5, 5.41) is 9.32. The van der Waals surface area contributed by atoms with Gasteiger partial charge in [-0.2, -0.15) is 0 Å². The first-order valence-corrected chi connectivity index (χ1v) is 8.22. The number of amides is 1. The van der Waals surface area contributed by atoms with E-state index < -0.39 is 18.1 Å². The summed E-state index contributed by atoms with van der Waals surface area (Å²) in [5.41, 5.74) is 0. The molecule has 4 atom stereocenters. The average Bonchev–Trinajstić information content (AvgIpc) is 2.44. The highest BCUT2D eigenvalue weighted by Crippen LogP contribution is 2.41. The molecular weight excluding hydrogens is 361 g/mol. The summed E-state index contributed by atoms with van der Waals surface area (Å²) in [5.74, 6) is 0.672. The number of aliphatic carboxylic acids is 1. The highest BCUT2D eigenvalue weighted by molar-refractivity contribution is 14.1. The lowest BCUT2D eigenvalue weighted by Gasteiger charge is -2.45. The quantitative estimate of drug-likeness (QED) is 0.589. The standard InChI is InChI=1S/C13H20INO4/c1-19-13(18)15-7-9-3-2-8(6-14)4-10(9)5-11(15)12(16)17/h8-11H,2-7H2,1H3,(H,16,17)/t8-,9-,10?,11?/m0/s1. The summed E-state index contributed by atoms with van der Waals surface area (Å²) < 4.78 is 5.85. The second kappa shape index (κ2) is 6.28. The summed E-state index contributed by atoms with van der Waals surface area (Å²) in [7, 11) is 1.31. The number of halogens is 1. The third-order valence-corrected chi connectivity index (χ3v) is 5.74. The summed E-state index contributed by atoms with van der Waals surface area (Å²) in [6.07, 6.45) is 3.45. The SMILES string of the molecule is COC(=O)N1C[C@@H]2CC[C@H](CI)CC2CC1C(=O)O. The van der Waals surface area contributed by atoms with Crippen LogP contribution in [0.4, 0.5) is 4.79 Å². The van der Waals surface area contributed by atoms with Crippen molar-refractivity contribution >= 4 is 34.7 Å². The van der Waals surface area contributed by atoms with Crippen LogP contribution in [0.5, 0.6) is 0 Å². The highest BCUT2D eigenvalue weighted by atomic mass is 127. The van der Waals surface area contributed by atoms with E-state index in [1.54, 1.807) is 0 Å². The maximum Gasteiger partial charge on any atom is 0.410 e. The van der Waals surface area contributed by atoms with Crippen LogP contribution >= 0.6 is 22.6 Å². The predicted molar refractivity (Wildman–Crippen MR) is 78.4 cm³/mol. The Kier molecular flexibility index (Phi) is 4.92. The average molecular weight is 381 g/mol. The van der Waals surface area contributed by atoms with Crippen LogP contribution in [-0.4, -0.2) is 46.2 Å². The third kappa shape index (κ3) is 3.14. The molecule has 2 rings (SSSR count). The Labute approximate surface area is 126 Å². The molecule has 5 nitrogen and oxygen atoms in total. The molecule has 0 bridgehead atoms. The molecule has 2 aliphatic rings. The van der Waals surface area contributed by atoms with Gasteiger partial charge in [-0.15, -0.1) is 0 Å². The van der Waals surface area contributed by atoms with E-state index in [-0.39, 0.29) is 0 Å². The topological polar surface area (TPSA) is 66.8 Å². The van der Waals surface area contributed by atoms with Gasteiger partial charge in [-0.05, 0) is 43.4 Å². The molecule has 1 N–H and O–H groups in total. The molecule has 2 fully saturated rings. The van der Waals surface area contributed by atoms with Crippen LogP contribution in [0.2, 0.25) is 0 Å². The number of nitrogens with zero attached hydrogens (tertiary/aromatic N) is 1. The minimum Gasteiger partial charge on any atom is -0.480 e. The van der Waals surface area contributed by atoms with E-state index in [1.165, 1.54) is 18.4 Å². The van der Waals surface area contributed by atoms with Gasteiger partial charge in [0.05, 0.1) is 7.11 Å². The van der Waals surface area contributed by atoms with Crippen LogP contribution < -0.4 is 0 Å². The van der Waals surface area contributed by atoms with Crippen molar-refractivity contribution in [2.24, 2.45) is 17.8 Å². The number of likely N-dealkylation sites (tertiary alicyclic amines) is 1. The van der Waals surface area contributed by atoms with E-state index in [1.807, 2.05) is 0 Å². The van der Waals surface area contributed by atoms with Crippen molar-refractivity contribution in [1.82, 2.24) is 4.90 Å². The van der Waals surface area contributed by atoms with Gasteiger partial charge in [0.2, 0.25) is 0 Å². The lowest BCUT2D eigenvalue weighted by Crippen LogP contribution is -2.54. The minimum atomic E-state index is -0.916. The Hall–Kier alpha value is -0.530. The fraction of sp³-hybridized carbons (Fsp3) is 0.846. The first-order valence-electron chi connectivity index (χ1n) is 6.70. The van der Waals surface area contributed by atoms with Crippen molar-refractivity contribution in [2.75, 3.05) is 18.1 Å². The van der Waals surface area contributed by atoms with Crippen LogP contribution in [0.15, 0.2) is 0 Å². The number of methoxy groups -OCH3 is 1. The van der Waals surface area contributed by atoms with Gasteiger partial charge in [-0.3, -0.25) is 4.90 Å². The van der Waals surface area contributed by atoms with Gasteiger partial charge in [-0.25, -0.2) is 9.59 Å². The number of carbonyl (C=O) groups is 2. The van der Waals surface area contributed by atoms with Crippen LogP contribution in [0.25, 0.3) is 0 Å². The molecule has 0 radical (unpaired) electrons. The minimum absolute atomic E-state index is 0.439. The van der Waals surface area contributed by atoms with Gasteiger partial charge in [0, 0.05) is 11.0 Å². The monoisotopic (exact) mass is 381 g/mol. The zero-order valence-corrected chi connectivity index (χ0v) is 13.2. The maximum absolute atomic E-state index is 11.7. The van der Waals surface area contributed by atoms with E-state index in [0.717, 1.165) is 17.3 Å². The van der Waals surface area contributed by atoms with Crippen molar-refractivity contribution in [3.05, 3.63) is 0 Å². The zero-order valence-electron chi connectivity index (χ0n) is 11.0. The number of carboxylic acids is 1. The third-order valence-electron chi connectivity index (χ3n) is 4.49. The van der Waals surface area contributed by atoms with Crippen LogP contribution in [0.3, 0.4) is 0 Å². The molecule has 0 aromatic carbocycles. The number of fused-ring (bicyclic) bond motifs is 1. The van der Waals surface area contributed by atoms with E-state index >= 15 is 0 Å². The fourth-order valence-electron chi connectivity index (χ4n) is 3.44. The van der Waals surface area contributed by atoms with Gasteiger partial charge in [0.1, 0.15) is 6.04 Å². The lowest BCUT2D eigenvalue weighted by molar-refractivity contribution is -0.146. The fourth-order valence-corrected chi connectivity index (χ4v) is 4.24. The molecule has 1 saturated carbocycles. The Morgan fingerprint density at radius 1 is 1.32 bits per heavy atom. The summed E-state index contributed by atoms with van der Waals surface area (Å²) >= 11 is 2.41. The predicted octanol–water partition coefficient (Wildman–Crippen LogP) is 2.38. The maximum atomic E-state index is 11.7. The smallest absolute Gasteiger partial charge is 0.410 e. The molecular formula is C13H20INO4. The molecule has 0 aromatic rings. The summed E-state index contributed by atoms with van der Waals surface area (Å²) in [6, 6.07) is -0.721. The molecule has 1 heterocycles. The second-order valence-corrected chi connectivity index (χ2v) is 6.45. The van der Waals surface area contributed by atoms with Crippen molar-refractivity contribution < 1.29 is 19.4 Å². The van der Waals surface area contributed by atoms with Crippen molar-refractivity contribution in [2.45, 2.75) is 31.7 Å². The number of hydrogen-bond donors (Lipinski definition) is 1. The Morgan fingerprint density at radius 2 is 2.05 bits per heavy atom. The molecule has 1 aliphatic carbocycles. The summed E-state index contributed by atoms with van der Waals surface area (Å²) in [6.45, 7) is 0.530. The van der Waals surface area contributed by atoms with E-state index in [0.29, 0.717) is 30.7 Å². The molecule has 1 saturated heterocycles. The lowest BCUT2D eigenvalue weighted by atomic mass is 9.69. The molecule has 0 aromatic heterocycles. The molecule has 19 heavy (non-hydrogen) atoms. The Morgan fingerprint density at radius 3 is 2.63 bits per heavy atom. The van der Waals surface area contributed by atoms with Crippen molar-refractivity contribution in [3.63, 3.8) is 0 Å². The van der Waals surface area contributed by atoms with Gasteiger partial charge in [0.15, 0.2) is 0 Å². The van der Waals surface area contributed by atoms with Gasteiger partial charge in [0.25, 0.3) is 0 Å². The number of carboxylic acid groups (broad SMARTS) is 1. The molecule has 1 aliphatic heterocycles. The highest BCUT2D eigenvalue weighted by Gasteiger charge is 2.43. The van der Waals surface area contributed by atoms with E-state index in [4.69, 9.17) is 4.74 Å². The van der Waals surface area contributed by atoms with Crippen molar-refractivity contribution in [1.29, 1.82) is 0 Å². The van der Waals surface area contributed by atoms with Gasteiger partial charge in [-0.1, -0.05) is 22.6 Å². The normalized spacial score (nSPS) is 34.5. The first kappa shape index (κ1) is 14.9. The first-order chi connectivity index (χ1) is 9.06. The molecule has 1 amide bonds. The molecule has 108 valence electrons. The Bertz CT molecular complexity index is 363. The molecule has 2 unspecified atom stereocenters. The van der Waals surface area contributed by atoms with Gasteiger partial charge < -0.3 is 9.84 Å². The van der Waals surface area contributed by atoms with Crippen LogP contribution in [0, 0.1) is 17.8 Å². The number of alkyl halides is 1. The second-order valence-electron chi connectivity index (χ2n) is 5.57. The Balaban J connectivity index is 2.10. The summed E-state index contributed by atoms with van der Waals surface area (Å²) in [4.78, 5) is 24.5. The van der Waals surface area contributed by atoms with E-state index in [2.05, 4.69) is 22.6 Å². The number of piperidine rings is 1. The van der Waals surface area contributed by atoms with Crippen molar-refractivity contribution in [3.8, 4) is 0 Å². The number of carbonyl (C=O) groups excluding carboxylic acids is 1. The number of hydrogen-bond acceptors (Lipinski definition) is 3. The van der Waals surface area contributed by atoms with Gasteiger partial charge >= 0.3 is 12.1 Å². The van der Waals surface area contributed by atoms with E-state index in [9.17, 15) is 14.7 Å². The zero-order chi connectivity index (χ0) is 14.0. The number of rotatable bonds is 2. The van der Waals surface area contributed by atoms with Crippen LogP contribution in [0.1, 0.15) is 25.7 Å². The largest absolute Gasteiger partial charge is 0.480 e. The molecule has 6 heteroatoms. The van der Waals surface area contributed by atoms with Crippen LogP contribution in [-0.2, 0) is 9.53 Å². The molecule has 0 spiro atoms.